The molecule has 0 aromatic rings. The van der Waals surface area contributed by atoms with Gasteiger partial charge in [-0.15, -0.1) is 0 Å². The minimum absolute atomic E-state index is 0.163. The van der Waals surface area contributed by atoms with Gasteiger partial charge in [0.05, 0.1) is 13.2 Å². The zero-order chi connectivity index (χ0) is 21.3. The van der Waals surface area contributed by atoms with Crippen molar-refractivity contribution >= 4 is 11.9 Å². The molecule has 3 heterocycles. The number of aliphatic imine (C=N–C) groups is 1. The fourth-order valence-electron chi connectivity index (χ4n) is 4.98. The van der Waals surface area contributed by atoms with Crippen LogP contribution in [-0.2, 0) is 14.3 Å². The molecule has 1 N–H and O–H groups in total. The lowest BCUT2D eigenvalue weighted by atomic mass is 9.92. The number of guanidine groups is 1. The maximum Gasteiger partial charge on any atom is 0.251 e. The summed E-state index contributed by atoms with van der Waals surface area (Å²) in [6, 6.07) is 0.489. The van der Waals surface area contributed by atoms with Crippen LogP contribution < -0.4 is 5.32 Å². The van der Waals surface area contributed by atoms with Crippen LogP contribution in [0.25, 0.3) is 0 Å². The quantitative estimate of drug-likeness (QED) is 0.487. The van der Waals surface area contributed by atoms with E-state index in [1.807, 2.05) is 11.9 Å². The second-order valence-corrected chi connectivity index (χ2v) is 8.53. The van der Waals surface area contributed by atoms with Crippen LogP contribution in [0.2, 0.25) is 0 Å². The Morgan fingerprint density at radius 3 is 2.27 bits per heavy atom. The van der Waals surface area contributed by atoms with Crippen molar-refractivity contribution in [1.29, 1.82) is 0 Å². The number of carbonyl (C=O) groups excluding carboxylic acids is 1. The van der Waals surface area contributed by atoms with Gasteiger partial charge < -0.3 is 24.6 Å². The highest BCUT2D eigenvalue weighted by Gasteiger charge is 2.32. The van der Waals surface area contributed by atoms with Gasteiger partial charge in [-0.25, -0.2) is 0 Å². The molecule has 3 rings (SSSR count). The fourth-order valence-corrected chi connectivity index (χ4v) is 4.98. The number of hydrogen-bond acceptors (Lipinski definition) is 5. The first-order chi connectivity index (χ1) is 14.7. The van der Waals surface area contributed by atoms with E-state index in [0.29, 0.717) is 18.6 Å². The molecule has 8 heteroatoms. The molecule has 3 aliphatic rings. The Balaban J connectivity index is 1.52. The van der Waals surface area contributed by atoms with Crippen molar-refractivity contribution in [2.45, 2.75) is 51.7 Å². The lowest BCUT2D eigenvalue weighted by molar-refractivity contribution is -0.142. The van der Waals surface area contributed by atoms with Crippen LogP contribution in [0.4, 0.5) is 0 Å². The second kappa shape index (κ2) is 11.9. The lowest BCUT2D eigenvalue weighted by Gasteiger charge is -2.41. The average molecular weight is 424 g/mol. The molecule has 2 unspecified atom stereocenters. The van der Waals surface area contributed by atoms with Crippen molar-refractivity contribution in [3.63, 3.8) is 0 Å². The number of carbonyl (C=O) groups is 1. The molecule has 0 bridgehead atoms. The summed E-state index contributed by atoms with van der Waals surface area (Å²) >= 11 is 0. The maximum atomic E-state index is 12.6. The van der Waals surface area contributed by atoms with Gasteiger partial charge in [-0.3, -0.25) is 14.7 Å². The molecule has 0 aromatic heterocycles. The van der Waals surface area contributed by atoms with Gasteiger partial charge in [-0.1, -0.05) is 26.7 Å². The normalized spacial score (nSPS) is 25.1. The van der Waals surface area contributed by atoms with Gasteiger partial charge in [0.15, 0.2) is 5.96 Å². The van der Waals surface area contributed by atoms with Gasteiger partial charge in [-0.2, -0.15) is 0 Å². The van der Waals surface area contributed by atoms with Crippen molar-refractivity contribution in [1.82, 2.24) is 20.0 Å². The molecule has 0 spiro atoms. The number of morpholine rings is 1. The van der Waals surface area contributed by atoms with E-state index in [2.05, 4.69) is 34.0 Å². The molecule has 0 aromatic carbocycles. The highest BCUT2D eigenvalue weighted by molar-refractivity contribution is 5.82. The summed E-state index contributed by atoms with van der Waals surface area (Å²) in [5.41, 5.74) is 0. The number of nitrogens with zero attached hydrogens (tertiary/aromatic N) is 4. The molecular weight excluding hydrogens is 382 g/mol. The molecular formula is C22H41N5O3. The summed E-state index contributed by atoms with van der Waals surface area (Å²) in [7, 11) is 1.85. The highest BCUT2D eigenvalue weighted by Crippen LogP contribution is 2.20. The van der Waals surface area contributed by atoms with E-state index in [1.54, 1.807) is 0 Å². The zero-order valence-corrected chi connectivity index (χ0v) is 19.1. The van der Waals surface area contributed by atoms with Crippen molar-refractivity contribution in [2.75, 3.05) is 72.7 Å². The topological polar surface area (TPSA) is 69.6 Å². The van der Waals surface area contributed by atoms with E-state index in [-0.39, 0.29) is 12.0 Å². The molecule has 3 saturated heterocycles. The summed E-state index contributed by atoms with van der Waals surface area (Å²) < 4.78 is 11.1. The third-order valence-corrected chi connectivity index (χ3v) is 6.88. The van der Waals surface area contributed by atoms with Gasteiger partial charge in [-0.05, 0) is 18.8 Å². The molecule has 3 fully saturated rings. The number of ether oxygens (including phenoxy) is 2. The van der Waals surface area contributed by atoms with Crippen LogP contribution in [0.3, 0.4) is 0 Å². The third-order valence-electron chi connectivity index (χ3n) is 6.88. The van der Waals surface area contributed by atoms with E-state index in [1.165, 1.54) is 12.8 Å². The number of piperazine rings is 1. The minimum atomic E-state index is -0.219. The summed E-state index contributed by atoms with van der Waals surface area (Å²) in [4.78, 5) is 24.0. The molecule has 8 nitrogen and oxygen atoms in total. The smallest absolute Gasteiger partial charge is 0.251 e. The van der Waals surface area contributed by atoms with Crippen molar-refractivity contribution < 1.29 is 14.3 Å². The molecule has 172 valence electrons. The van der Waals surface area contributed by atoms with Crippen LogP contribution in [0.1, 0.15) is 39.5 Å². The van der Waals surface area contributed by atoms with E-state index in [4.69, 9.17) is 9.47 Å². The van der Waals surface area contributed by atoms with E-state index < -0.39 is 0 Å². The van der Waals surface area contributed by atoms with E-state index in [0.717, 1.165) is 77.8 Å². The number of amides is 1. The summed E-state index contributed by atoms with van der Waals surface area (Å²) in [5, 5.41) is 3.65. The lowest BCUT2D eigenvalue weighted by Crippen LogP contribution is -2.57. The Kier molecular flexibility index (Phi) is 9.21. The van der Waals surface area contributed by atoms with Crippen molar-refractivity contribution in [3.8, 4) is 0 Å². The van der Waals surface area contributed by atoms with Gasteiger partial charge in [0, 0.05) is 65.5 Å². The third kappa shape index (κ3) is 5.86. The van der Waals surface area contributed by atoms with Gasteiger partial charge >= 0.3 is 0 Å². The van der Waals surface area contributed by atoms with Crippen LogP contribution in [0.5, 0.6) is 0 Å². The Labute approximate surface area is 181 Å². The van der Waals surface area contributed by atoms with Crippen LogP contribution in [0, 0.1) is 5.92 Å². The Bertz CT molecular complexity index is 549. The largest absolute Gasteiger partial charge is 0.379 e. The van der Waals surface area contributed by atoms with Crippen LogP contribution in [0.15, 0.2) is 4.99 Å². The second-order valence-electron chi connectivity index (χ2n) is 8.53. The monoisotopic (exact) mass is 423 g/mol. The van der Waals surface area contributed by atoms with Gasteiger partial charge in [0.1, 0.15) is 6.10 Å². The van der Waals surface area contributed by atoms with Gasteiger partial charge in [0.25, 0.3) is 5.91 Å². The Morgan fingerprint density at radius 2 is 1.70 bits per heavy atom. The molecule has 0 saturated carbocycles. The molecule has 0 radical (unpaired) electrons. The predicted octanol–water partition coefficient (Wildman–Crippen LogP) is 1.02. The average Bonchev–Trinajstić information content (AvgIpc) is 3.34. The predicted molar refractivity (Wildman–Crippen MR) is 119 cm³/mol. The minimum Gasteiger partial charge on any atom is -0.379 e. The van der Waals surface area contributed by atoms with Crippen molar-refractivity contribution in [3.05, 3.63) is 0 Å². The molecule has 0 aliphatic carbocycles. The Hall–Kier alpha value is -1.38. The van der Waals surface area contributed by atoms with E-state index in [9.17, 15) is 4.79 Å². The first-order valence-corrected chi connectivity index (χ1v) is 11.9. The SMILES string of the molecule is CCC(CC)C(CNC(=NC)N1CCN(C(=O)C2CCCO2)CC1)N1CCOCC1. The molecule has 2 atom stereocenters. The first kappa shape index (κ1) is 23.3. The van der Waals surface area contributed by atoms with Crippen LogP contribution >= 0.6 is 0 Å². The number of nitrogens with one attached hydrogen (secondary N) is 1. The number of rotatable bonds is 7. The molecule has 3 aliphatic heterocycles. The van der Waals surface area contributed by atoms with E-state index >= 15 is 0 Å². The van der Waals surface area contributed by atoms with Crippen molar-refractivity contribution in [2.24, 2.45) is 10.9 Å². The Morgan fingerprint density at radius 1 is 1.03 bits per heavy atom. The molecule has 30 heavy (non-hydrogen) atoms. The zero-order valence-electron chi connectivity index (χ0n) is 19.1. The summed E-state index contributed by atoms with van der Waals surface area (Å²) in [6.07, 6.45) is 4.00. The van der Waals surface area contributed by atoms with Crippen LogP contribution in [-0.4, -0.2) is 111 Å². The summed E-state index contributed by atoms with van der Waals surface area (Å²) in [5.74, 6) is 1.77. The molecule has 1 amide bonds. The fraction of sp³-hybridized carbons (Fsp3) is 0.909. The summed E-state index contributed by atoms with van der Waals surface area (Å²) in [6.45, 7) is 13.0. The number of hydrogen-bond donors (Lipinski definition) is 1. The maximum absolute atomic E-state index is 12.6. The first-order valence-electron chi connectivity index (χ1n) is 11.9. The standard InChI is InChI=1S/C22H41N5O3/c1-4-18(5-2)19(25-12-15-29-16-13-25)17-24-22(23-3)27-10-8-26(9-11-27)21(28)20-7-6-14-30-20/h18-20H,4-17H2,1-3H3,(H,23,24). The highest BCUT2D eigenvalue weighted by atomic mass is 16.5. The van der Waals surface area contributed by atoms with Gasteiger partial charge in [0.2, 0.25) is 0 Å².